The first kappa shape index (κ1) is 16.3. The van der Waals surface area contributed by atoms with E-state index in [9.17, 15) is 4.79 Å². The third-order valence-corrected chi connectivity index (χ3v) is 4.62. The van der Waals surface area contributed by atoms with Gasteiger partial charge in [-0.15, -0.1) is 5.10 Å². The van der Waals surface area contributed by atoms with Crippen LogP contribution in [0.25, 0.3) is 5.69 Å². The molecule has 2 aromatic carbocycles. The molecule has 2 heterocycles. The molecule has 1 aliphatic rings. The number of benzene rings is 2. The van der Waals surface area contributed by atoms with Gasteiger partial charge in [-0.05, 0) is 59.7 Å². The molecule has 1 N–H and O–H groups in total. The highest BCUT2D eigenvalue weighted by Gasteiger charge is 2.23. The maximum Gasteiger partial charge on any atom is 0.223 e. The molecule has 1 aromatic heterocycles. The zero-order chi connectivity index (χ0) is 18.1. The number of amides is 1. The van der Waals surface area contributed by atoms with E-state index < -0.39 is 0 Å². The smallest absolute Gasteiger partial charge is 0.223 e. The molecule has 1 amide bonds. The van der Waals surface area contributed by atoms with Crippen LogP contribution in [0.15, 0.2) is 48.5 Å². The number of carbonyl (C=O) groups is 1. The highest BCUT2D eigenvalue weighted by Crippen LogP contribution is 2.31. The fourth-order valence-electron chi connectivity index (χ4n) is 3.35. The highest BCUT2D eigenvalue weighted by atomic mass is 16.2. The van der Waals surface area contributed by atoms with Crippen LogP contribution >= 0.6 is 0 Å². The van der Waals surface area contributed by atoms with Crippen molar-refractivity contribution >= 4 is 17.3 Å². The van der Waals surface area contributed by atoms with Crippen molar-refractivity contribution in [2.24, 2.45) is 0 Å². The zero-order valence-electron chi connectivity index (χ0n) is 14.8. The first-order chi connectivity index (χ1) is 12.6. The lowest BCUT2D eigenvalue weighted by Gasteiger charge is -2.17. The number of fused-ring (bicyclic) bond motifs is 1. The van der Waals surface area contributed by atoms with Crippen LogP contribution < -0.4 is 10.2 Å². The number of aromatic nitrogens is 4. The van der Waals surface area contributed by atoms with E-state index in [0.29, 0.717) is 0 Å². The molecule has 7 heteroatoms. The van der Waals surface area contributed by atoms with Gasteiger partial charge in [0.2, 0.25) is 5.91 Å². The lowest BCUT2D eigenvalue weighted by Crippen LogP contribution is -2.25. The number of hydrogen-bond donors (Lipinski definition) is 1. The molecule has 1 atom stereocenters. The molecule has 0 fully saturated rings. The summed E-state index contributed by atoms with van der Waals surface area (Å²) in [5, 5.41) is 15.6. The predicted molar refractivity (Wildman–Crippen MR) is 99.4 cm³/mol. The Morgan fingerprint density at radius 1 is 1.19 bits per heavy atom. The van der Waals surface area contributed by atoms with E-state index in [1.54, 1.807) is 11.6 Å². The monoisotopic (exact) mass is 348 g/mol. The van der Waals surface area contributed by atoms with Gasteiger partial charge in [0.15, 0.2) is 5.82 Å². The lowest BCUT2D eigenvalue weighted by molar-refractivity contribution is -0.116. The molecule has 132 valence electrons. The van der Waals surface area contributed by atoms with Crippen molar-refractivity contribution < 1.29 is 4.79 Å². The summed E-state index contributed by atoms with van der Waals surface area (Å²) in [5.74, 6) is 0.821. The third kappa shape index (κ3) is 2.92. The summed E-state index contributed by atoms with van der Waals surface area (Å²) in [6.07, 6.45) is 0.876. The lowest BCUT2D eigenvalue weighted by atomic mass is 10.1. The summed E-state index contributed by atoms with van der Waals surface area (Å²) in [4.78, 5) is 13.5. The Labute approximate surface area is 151 Å². The molecular weight excluding hydrogens is 328 g/mol. The van der Waals surface area contributed by atoms with Crippen molar-refractivity contribution in [2.45, 2.75) is 26.3 Å². The van der Waals surface area contributed by atoms with Crippen LogP contribution in [0, 0.1) is 0 Å². The third-order valence-electron chi connectivity index (χ3n) is 4.62. The van der Waals surface area contributed by atoms with E-state index in [2.05, 4.69) is 26.9 Å². The van der Waals surface area contributed by atoms with E-state index in [4.69, 9.17) is 0 Å². The second-order valence-electron chi connectivity index (χ2n) is 6.41. The second kappa shape index (κ2) is 6.59. The number of para-hydroxylation sites is 1. The minimum Gasteiger partial charge on any atom is -0.375 e. The van der Waals surface area contributed by atoms with Gasteiger partial charge in [0, 0.05) is 24.8 Å². The van der Waals surface area contributed by atoms with Crippen molar-refractivity contribution in [3.8, 4) is 5.69 Å². The van der Waals surface area contributed by atoms with Gasteiger partial charge in [-0.2, -0.15) is 4.68 Å². The molecule has 0 unspecified atom stereocenters. The van der Waals surface area contributed by atoms with E-state index in [0.717, 1.165) is 35.9 Å². The molecular formula is C19H20N6O. The second-order valence-corrected chi connectivity index (χ2v) is 6.41. The number of rotatable bonds is 4. The zero-order valence-corrected chi connectivity index (χ0v) is 14.8. The summed E-state index contributed by atoms with van der Waals surface area (Å²) in [7, 11) is 0. The molecule has 0 saturated heterocycles. The molecule has 7 nitrogen and oxygen atoms in total. The Bertz CT molecular complexity index is 936. The van der Waals surface area contributed by atoms with Crippen LogP contribution in [0.3, 0.4) is 0 Å². The molecule has 0 spiro atoms. The minimum absolute atomic E-state index is 0.0754. The maximum atomic E-state index is 11.7. The Kier molecular flexibility index (Phi) is 4.12. The minimum atomic E-state index is -0.0754. The summed E-state index contributed by atoms with van der Waals surface area (Å²) >= 11 is 0. The van der Waals surface area contributed by atoms with Crippen LogP contribution in [0.2, 0.25) is 0 Å². The molecule has 0 saturated carbocycles. The molecule has 26 heavy (non-hydrogen) atoms. The predicted octanol–water partition coefficient (Wildman–Crippen LogP) is 2.74. The van der Waals surface area contributed by atoms with Crippen LogP contribution in [0.1, 0.15) is 31.3 Å². The summed E-state index contributed by atoms with van der Waals surface area (Å²) in [6.45, 7) is 4.38. The van der Waals surface area contributed by atoms with E-state index in [1.165, 1.54) is 5.56 Å². The fraction of sp³-hybridized carbons (Fsp3) is 0.263. The van der Waals surface area contributed by atoms with Gasteiger partial charge in [-0.1, -0.05) is 18.2 Å². The molecule has 0 bridgehead atoms. The topological polar surface area (TPSA) is 75.9 Å². The van der Waals surface area contributed by atoms with Gasteiger partial charge in [-0.3, -0.25) is 4.79 Å². The fourth-order valence-corrected chi connectivity index (χ4v) is 3.35. The summed E-state index contributed by atoms with van der Waals surface area (Å²) in [5.41, 5.74) is 4.10. The standard InChI is InChI=1S/C19H20N6O/c1-13(19-21-22-23-25(19)17-6-4-3-5-7-17)20-16-8-9-18-15(12-16)10-11-24(18)14(2)26/h3-9,12-13,20H,10-11H2,1-2H3/t13-/m1/s1. The van der Waals surface area contributed by atoms with E-state index in [-0.39, 0.29) is 11.9 Å². The van der Waals surface area contributed by atoms with Gasteiger partial charge in [0.1, 0.15) is 0 Å². The van der Waals surface area contributed by atoms with Gasteiger partial charge in [0.05, 0.1) is 11.7 Å². The van der Waals surface area contributed by atoms with Crippen molar-refractivity contribution in [1.29, 1.82) is 0 Å². The number of tetrazole rings is 1. The Morgan fingerprint density at radius 2 is 2.00 bits per heavy atom. The van der Waals surface area contributed by atoms with Crippen molar-refractivity contribution in [1.82, 2.24) is 20.2 Å². The van der Waals surface area contributed by atoms with Crippen molar-refractivity contribution in [3.63, 3.8) is 0 Å². The molecule has 0 aliphatic carbocycles. The largest absolute Gasteiger partial charge is 0.375 e. The average Bonchev–Trinajstić information content (AvgIpc) is 3.29. The van der Waals surface area contributed by atoms with Crippen LogP contribution in [-0.4, -0.2) is 32.7 Å². The van der Waals surface area contributed by atoms with Gasteiger partial charge in [0.25, 0.3) is 0 Å². The quantitative estimate of drug-likeness (QED) is 0.784. The van der Waals surface area contributed by atoms with Crippen LogP contribution in [0.4, 0.5) is 11.4 Å². The van der Waals surface area contributed by atoms with Crippen molar-refractivity contribution in [2.75, 3.05) is 16.8 Å². The number of carbonyl (C=O) groups excluding carboxylic acids is 1. The maximum absolute atomic E-state index is 11.7. The Morgan fingerprint density at radius 3 is 2.77 bits per heavy atom. The Balaban J connectivity index is 1.56. The number of anilines is 2. The van der Waals surface area contributed by atoms with E-state index >= 15 is 0 Å². The first-order valence-corrected chi connectivity index (χ1v) is 8.65. The summed E-state index contributed by atoms with van der Waals surface area (Å²) in [6, 6.07) is 15.8. The summed E-state index contributed by atoms with van der Waals surface area (Å²) < 4.78 is 1.74. The highest BCUT2D eigenvalue weighted by molar-refractivity contribution is 5.94. The normalized spacial score (nSPS) is 14.2. The average molecular weight is 348 g/mol. The van der Waals surface area contributed by atoms with Crippen LogP contribution in [-0.2, 0) is 11.2 Å². The molecule has 4 rings (SSSR count). The van der Waals surface area contributed by atoms with E-state index in [1.807, 2.05) is 54.3 Å². The van der Waals surface area contributed by atoms with Gasteiger partial charge < -0.3 is 10.2 Å². The SMILES string of the molecule is CC(=O)N1CCc2cc(N[C@H](C)c3nnnn3-c3ccccc3)ccc21. The number of nitrogens with one attached hydrogen (secondary N) is 1. The number of hydrogen-bond acceptors (Lipinski definition) is 5. The van der Waals surface area contributed by atoms with Crippen LogP contribution in [0.5, 0.6) is 0 Å². The van der Waals surface area contributed by atoms with Crippen molar-refractivity contribution in [3.05, 3.63) is 59.9 Å². The Hall–Kier alpha value is -3.22. The van der Waals surface area contributed by atoms with Gasteiger partial charge in [-0.25, -0.2) is 0 Å². The van der Waals surface area contributed by atoms with Gasteiger partial charge >= 0.3 is 0 Å². The first-order valence-electron chi connectivity index (χ1n) is 8.65. The molecule has 1 aliphatic heterocycles. The molecule has 0 radical (unpaired) electrons. The molecule has 3 aromatic rings. The number of nitrogens with zero attached hydrogens (tertiary/aromatic N) is 5.